The molecule has 1 heterocycles. The van der Waals surface area contributed by atoms with Crippen molar-refractivity contribution in [2.75, 3.05) is 13.7 Å². The van der Waals surface area contributed by atoms with Crippen LogP contribution in [-0.4, -0.2) is 35.4 Å². The molecule has 218 valence electrons. The maximum Gasteiger partial charge on any atom is 0.295 e. The van der Waals surface area contributed by atoms with E-state index in [4.69, 9.17) is 16.3 Å². The molecule has 0 unspecified atom stereocenters. The summed E-state index contributed by atoms with van der Waals surface area (Å²) in [5.41, 5.74) is 1.33. The number of aliphatic hydroxyl groups is 1. The van der Waals surface area contributed by atoms with Crippen molar-refractivity contribution in [3.63, 3.8) is 0 Å². The van der Waals surface area contributed by atoms with Crippen molar-refractivity contribution >= 4 is 29.1 Å². The molecule has 3 rings (SSSR count). The highest BCUT2D eigenvalue weighted by Gasteiger charge is 2.45. The highest BCUT2D eigenvalue weighted by atomic mass is 35.5. The standard InChI is InChI=1S/C34H46ClNO4/c1-3-4-5-6-7-8-9-10-11-12-13-14-15-16-25-36-31(26-19-23-29(40-2)24-20-26)30(33(38)34(36)39)32(37)27-17-21-28(35)22-18-27/h17-24,31,37H,3-16,25H2,1-2H3/t31-/m1/s1. The number of aliphatic hydroxyl groups excluding tert-OH is 1. The number of rotatable bonds is 18. The van der Waals surface area contributed by atoms with Gasteiger partial charge in [-0.25, -0.2) is 0 Å². The molecule has 0 aromatic heterocycles. The minimum atomic E-state index is -0.654. The zero-order valence-electron chi connectivity index (χ0n) is 24.3. The van der Waals surface area contributed by atoms with E-state index >= 15 is 0 Å². The van der Waals surface area contributed by atoms with E-state index in [0.717, 1.165) is 24.8 Å². The lowest BCUT2D eigenvalue weighted by Gasteiger charge is -2.25. The first kappa shape index (κ1) is 31.7. The summed E-state index contributed by atoms with van der Waals surface area (Å²) in [6.07, 6.45) is 17.6. The SMILES string of the molecule is CCCCCCCCCCCCCCCCN1C(=O)C(=O)C(=C(O)c2ccc(Cl)cc2)[C@H]1c1ccc(OC)cc1. The molecular weight excluding hydrogens is 522 g/mol. The van der Waals surface area contributed by atoms with Gasteiger partial charge in [0.05, 0.1) is 18.7 Å². The predicted octanol–water partition coefficient (Wildman–Crippen LogP) is 9.25. The van der Waals surface area contributed by atoms with Crippen molar-refractivity contribution in [3.8, 4) is 5.75 Å². The lowest BCUT2D eigenvalue weighted by molar-refractivity contribution is -0.139. The lowest BCUT2D eigenvalue weighted by atomic mass is 9.95. The van der Waals surface area contributed by atoms with Crippen LogP contribution in [-0.2, 0) is 9.59 Å². The Bertz CT molecular complexity index is 1090. The number of unbranched alkanes of at least 4 members (excludes halogenated alkanes) is 13. The third-order valence-corrected chi connectivity index (χ3v) is 8.09. The van der Waals surface area contributed by atoms with E-state index < -0.39 is 17.7 Å². The molecule has 0 spiro atoms. The largest absolute Gasteiger partial charge is 0.507 e. The van der Waals surface area contributed by atoms with Gasteiger partial charge >= 0.3 is 0 Å². The molecule has 1 aliphatic rings. The fraction of sp³-hybridized carbons (Fsp3) is 0.529. The summed E-state index contributed by atoms with van der Waals surface area (Å²) >= 11 is 6.02. The predicted molar refractivity (Wildman–Crippen MR) is 164 cm³/mol. The molecule has 0 aliphatic carbocycles. The van der Waals surface area contributed by atoms with Crippen molar-refractivity contribution < 1.29 is 19.4 Å². The number of ether oxygens (including phenoxy) is 1. The molecule has 0 bridgehead atoms. The molecule has 1 atom stereocenters. The summed E-state index contributed by atoms with van der Waals surface area (Å²) in [5.74, 6) is -0.714. The second-order valence-electron chi connectivity index (χ2n) is 10.9. The first-order valence-corrected chi connectivity index (χ1v) is 15.5. The fourth-order valence-electron chi connectivity index (χ4n) is 5.48. The van der Waals surface area contributed by atoms with Crippen LogP contribution >= 0.6 is 11.6 Å². The quantitative estimate of drug-likeness (QED) is 0.0843. The van der Waals surface area contributed by atoms with Crippen LogP contribution in [0, 0.1) is 0 Å². The topological polar surface area (TPSA) is 66.8 Å². The van der Waals surface area contributed by atoms with E-state index in [2.05, 4.69) is 6.92 Å². The van der Waals surface area contributed by atoms with Crippen molar-refractivity contribution in [2.45, 2.75) is 103 Å². The number of carbonyl (C=O) groups excluding carboxylic acids is 2. The monoisotopic (exact) mass is 567 g/mol. The van der Waals surface area contributed by atoms with Crippen LogP contribution in [0.5, 0.6) is 5.75 Å². The highest BCUT2D eigenvalue weighted by molar-refractivity contribution is 6.46. The number of likely N-dealkylation sites (tertiary alicyclic amines) is 1. The second-order valence-corrected chi connectivity index (χ2v) is 11.3. The Balaban J connectivity index is 1.55. The van der Waals surface area contributed by atoms with Crippen LogP contribution in [0.15, 0.2) is 54.1 Å². The van der Waals surface area contributed by atoms with Gasteiger partial charge < -0.3 is 14.7 Å². The van der Waals surface area contributed by atoms with Gasteiger partial charge in [0.1, 0.15) is 11.5 Å². The van der Waals surface area contributed by atoms with E-state index in [1.165, 1.54) is 70.6 Å². The summed E-state index contributed by atoms with van der Waals surface area (Å²) in [6.45, 7) is 2.73. The Morgan fingerprint density at radius 1 is 0.775 bits per heavy atom. The fourth-order valence-corrected chi connectivity index (χ4v) is 5.61. The van der Waals surface area contributed by atoms with Gasteiger partial charge in [-0.05, 0) is 48.4 Å². The summed E-state index contributed by atoms with van der Waals surface area (Å²) < 4.78 is 5.29. The molecule has 6 heteroatoms. The number of methoxy groups -OCH3 is 1. The number of carbonyl (C=O) groups is 2. The summed E-state index contributed by atoms with van der Waals surface area (Å²) in [6, 6.07) is 13.3. The highest BCUT2D eigenvalue weighted by Crippen LogP contribution is 2.40. The molecule has 1 aliphatic heterocycles. The van der Waals surface area contributed by atoms with Gasteiger partial charge in [-0.15, -0.1) is 0 Å². The molecule has 0 saturated carbocycles. The molecule has 1 N–H and O–H groups in total. The van der Waals surface area contributed by atoms with Gasteiger partial charge in [-0.3, -0.25) is 9.59 Å². The molecule has 1 amide bonds. The van der Waals surface area contributed by atoms with Crippen LogP contribution in [0.3, 0.4) is 0 Å². The third kappa shape index (κ3) is 9.12. The molecule has 5 nitrogen and oxygen atoms in total. The first-order chi connectivity index (χ1) is 19.5. The van der Waals surface area contributed by atoms with Gasteiger partial charge in [0.2, 0.25) is 0 Å². The third-order valence-electron chi connectivity index (χ3n) is 7.84. The van der Waals surface area contributed by atoms with Crippen LogP contribution < -0.4 is 4.74 Å². The summed E-state index contributed by atoms with van der Waals surface area (Å²) in [4.78, 5) is 28.0. The van der Waals surface area contributed by atoms with Crippen LogP contribution in [0.4, 0.5) is 0 Å². The van der Waals surface area contributed by atoms with E-state index in [0.29, 0.717) is 22.9 Å². The molecule has 0 radical (unpaired) electrons. The number of hydrogen-bond acceptors (Lipinski definition) is 4. The van der Waals surface area contributed by atoms with E-state index in [1.807, 2.05) is 24.3 Å². The Labute approximate surface area is 245 Å². The lowest BCUT2D eigenvalue weighted by Crippen LogP contribution is -2.30. The van der Waals surface area contributed by atoms with Gasteiger partial charge in [0.25, 0.3) is 11.7 Å². The number of ketones is 1. The minimum absolute atomic E-state index is 0.114. The van der Waals surface area contributed by atoms with Crippen molar-refractivity contribution in [1.82, 2.24) is 4.90 Å². The second kappa shape index (κ2) is 17.1. The van der Waals surface area contributed by atoms with Crippen molar-refractivity contribution in [2.24, 2.45) is 0 Å². The maximum atomic E-state index is 13.2. The summed E-state index contributed by atoms with van der Waals surface area (Å²) in [7, 11) is 1.59. The Hall–Kier alpha value is -2.79. The van der Waals surface area contributed by atoms with Gasteiger partial charge in [0.15, 0.2) is 0 Å². The maximum absolute atomic E-state index is 13.2. The van der Waals surface area contributed by atoms with E-state index in [-0.39, 0.29) is 11.3 Å². The first-order valence-electron chi connectivity index (χ1n) is 15.2. The Kier molecular flexibility index (Phi) is 13.6. The number of amides is 1. The van der Waals surface area contributed by atoms with Crippen LogP contribution in [0.1, 0.15) is 114 Å². The number of nitrogens with zero attached hydrogens (tertiary/aromatic N) is 1. The Morgan fingerprint density at radius 3 is 1.77 bits per heavy atom. The normalized spacial score (nSPS) is 16.6. The smallest absolute Gasteiger partial charge is 0.295 e. The van der Waals surface area contributed by atoms with Gasteiger partial charge in [0, 0.05) is 17.1 Å². The van der Waals surface area contributed by atoms with Crippen LogP contribution in [0.2, 0.25) is 5.02 Å². The van der Waals surface area contributed by atoms with E-state index in [1.54, 1.807) is 36.3 Å². The molecule has 1 fully saturated rings. The van der Waals surface area contributed by atoms with Gasteiger partial charge in [-0.1, -0.05) is 114 Å². The average molecular weight is 568 g/mol. The minimum Gasteiger partial charge on any atom is -0.507 e. The zero-order valence-corrected chi connectivity index (χ0v) is 25.1. The molecule has 1 saturated heterocycles. The van der Waals surface area contributed by atoms with E-state index in [9.17, 15) is 14.7 Å². The van der Waals surface area contributed by atoms with Crippen molar-refractivity contribution in [1.29, 1.82) is 0 Å². The Morgan fingerprint density at radius 2 is 1.27 bits per heavy atom. The number of halogens is 1. The van der Waals surface area contributed by atoms with Crippen molar-refractivity contribution in [3.05, 3.63) is 70.3 Å². The number of hydrogen-bond donors (Lipinski definition) is 1. The molecular formula is C34H46ClNO4. The number of Topliss-reactive ketones (excluding diaryl/α,β-unsaturated/α-hetero) is 1. The zero-order chi connectivity index (χ0) is 28.7. The number of benzene rings is 2. The molecule has 2 aromatic carbocycles. The van der Waals surface area contributed by atoms with Crippen LogP contribution in [0.25, 0.3) is 5.76 Å². The van der Waals surface area contributed by atoms with Gasteiger partial charge in [-0.2, -0.15) is 0 Å². The summed E-state index contributed by atoms with van der Waals surface area (Å²) in [5, 5.41) is 11.7. The average Bonchev–Trinajstić information content (AvgIpc) is 3.22. The molecule has 2 aromatic rings. The molecule has 40 heavy (non-hydrogen) atoms.